The van der Waals surface area contributed by atoms with Crippen molar-refractivity contribution in [3.8, 4) is 16.9 Å². The van der Waals surface area contributed by atoms with Crippen molar-refractivity contribution in [2.75, 3.05) is 12.5 Å². The summed E-state index contributed by atoms with van der Waals surface area (Å²) in [6.45, 7) is 0. The van der Waals surface area contributed by atoms with E-state index in [0.717, 1.165) is 17.0 Å². The quantitative estimate of drug-likeness (QED) is 0.617. The van der Waals surface area contributed by atoms with E-state index < -0.39 is 0 Å². The summed E-state index contributed by atoms with van der Waals surface area (Å²) in [5.74, 6) is 6.17. The van der Waals surface area contributed by atoms with Gasteiger partial charge in [-0.3, -0.25) is 5.84 Å². The van der Waals surface area contributed by atoms with Gasteiger partial charge >= 0.3 is 0 Å². The van der Waals surface area contributed by atoms with E-state index in [1.807, 2.05) is 18.2 Å². The van der Waals surface area contributed by atoms with Gasteiger partial charge in [0.1, 0.15) is 5.75 Å². The Morgan fingerprint density at radius 1 is 1.27 bits per heavy atom. The van der Waals surface area contributed by atoms with Crippen LogP contribution in [0.25, 0.3) is 11.1 Å². The average molecular weight is 220 g/mol. The molecule has 3 nitrogen and oxygen atoms in total. The van der Waals surface area contributed by atoms with Crippen LogP contribution >= 0.6 is 11.3 Å². The van der Waals surface area contributed by atoms with Gasteiger partial charge in [0.05, 0.1) is 12.8 Å². The normalized spacial score (nSPS) is 10.0. The highest BCUT2D eigenvalue weighted by Crippen LogP contribution is 2.30. The van der Waals surface area contributed by atoms with Crippen LogP contribution in [0, 0.1) is 0 Å². The van der Waals surface area contributed by atoms with Gasteiger partial charge in [0, 0.05) is 0 Å². The molecule has 4 heteroatoms. The van der Waals surface area contributed by atoms with Gasteiger partial charge in [-0.05, 0) is 40.1 Å². The number of ether oxygens (including phenoxy) is 1. The van der Waals surface area contributed by atoms with Gasteiger partial charge < -0.3 is 10.2 Å². The average Bonchev–Trinajstić information content (AvgIpc) is 2.81. The van der Waals surface area contributed by atoms with Crippen LogP contribution in [-0.4, -0.2) is 7.11 Å². The first kappa shape index (κ1) is 10.0. The molecule has 1 aromatic carbocycles. The summed E-state index contributed by atoms with van der Waals surface area (Å²) in [6.07, 6.45) is 0. The Morgan fingerprint density at radius 2 is 2.13 bits per heavy atom. The number of nitrogens with one attached hydrogen (secondary N) is 1. The topological polar surface area (TPSA) is 47.3 Å². The number of hydrazine groups is 1. The maximum Gasteiger partial charge on any atom is 0.143 e. The Hall–Kier alpha value is -1.52. The molecular weight excluding hydrogens is 208 g/mol. The van der Waals surface area contributed by atoms with Crippen LogP contribution < -0.4 is 16.0 Å². The first-order chi connectivity index (χ1) is 7.35. The predicted octanol–water partition coefficient (Wildman–Crippen LogP) is 2.71. The number of anilines is 1. The first-order valence-corrected chi connectivity index (χ1v) is 5.46. The van der Waals surface area contributed by atoms with E-state index in [-0.39, 0.29) is 0 Å². The second kappa shape index (κ2) is 4.33. The summed E-state index contributed by atoms with van der Waals surface area (Å²) in [4.78, 5) is 0. The number of hydrogen-bond donors (Lipinski definition) is 2. The van der Waals surface area contributed by atoms with Crippen molar-refractivity contribution in [3.05, 3.63) is 35.0 Å². The summed E-state index contributed by atoms with van der Waals surface area (Å²) < 4.78 is 5.17. The highest BCUT2D eigenvalue weighted by Gasteiger charge is 2.04. The molecule has 0 spiro atoms. The predicted molar refractivity (Wildman–Crippen MR) is 64.1 cm³/mol. The van der Waals surface area contributed by atoms with Crippen LogP contribution in [0.4, 0.5) is 5.69 Å². The lowest BCUT2D eigenvalue weighted by Crippen LogP contribution is -2.08. The lowest BCUT2D eigenvalue weighted by atomic mass is 10.1. The van der Waals surface area contributed by atoms with Crippen LogP contribution in [0.3, 0.4) is 0 Å². The third-order valence-corrected chi connectivity index (χ3v) is 2.89. The number of nitrogens with two attached hydrogens (primary N) is 1. The van der Waals surface area contributed by atoms with Gasteiger partial charge in [-0.1, -0.05) is 6.07 Å². The van der Waals surface area contributed by atoms with Crippen LogP contribution in [0.5, 0.6) is 5.75 Å². The summed E-state index contributed by atoms with van der Waals surface area (Å²) in [6, 6.07) is 7.97. The molecule has 2 aromatic rings. The molecule has 0 saturated heterocycles. The number of nitrogen functional groups attached to an aromatic ring is 1. The van der Waals surface area contributed by atoms with Gasteiger partial charge in [0.15, 0.2) is 0 Å². The van der Waals surface area contributed by atoms with Crippen molar-refractivity contribution in [1.29, 1.82) is 0 Å². The van der Waals surface area contributed by atoms with E-state index in [2.05, 4.69) is 22.3 Å². The monoisotopic (exact) mass is 220 g/mol. The maximum absolute atomic E-state index is 5.42. The van der Waals surface area contributed by atoms with E-state index >= 15 is 0 Å². The van der Waals surface area contributed by atoms with Crippen LogP contribution in [0.1, 0.15) is 0 Å². The van der Waals surface area contributed by atoms with E-state index in [0.29, 0.717) is 0 Å². The number of methoxy groups -OCH3 is 1. The van der Waals surface area contributed by atoms with Gasteiger partial charge in [0.2, 0.25) is 0 Å². The fraction of sp³-hybridized carbons (Fsp3) is 0.0909. The smallest absolute Gasteiger partial charge is 0.143 e. The zero-order valence-electron chi connectivity index (χ0n) is 8.36. The third-order valence-electron chi connectivity index (χ3n) is 2.21. The molecule has 0 bridgehead atoms. The SMILES string of the molecule is COc1ccc(-c2ccsc2)cc1NN. The molecule has 0 atom stereocenters. The minimum absolute atomic E-state index is 0.747. The Bertz CT molecular complexity index is 440. The second-order valence-corrected chi connectivity index (χ2v) is 3.85. The van der Waals surface area contributed by atoms with Crippen molar-refractivity contribution in [2.45, 2.75) is 0 Å². The zero-order valence-corrected chi connectivity index (χ0v) is 9.17. The largest absolute Gasteiger partial charge is 0.495 e. The first-order valence-electron chi connectivity index (χ1n) is 4.52. The van der Waals surface area contributed by atoms with E-state index in [4.69, 9.17) is 10.6 Å². The minimum atomic E-state index is 0.747. The minimum Gasteiger partial charge on any atom is -0.495 e. The zero-order chi connectivity index (χ0) is 10.7. The molecule has 0 radical (unpaired) electrons. The molecule has 0 unspecified atom stereocenters. The molecule has 0 saturated carbocycles. The molecule has 0 aliphatic heterocycles. The molecule has 78 valence electrons. The number of rotatable bonds is 3. The van der Waals surface area contributed by atoms with E-state index in [1.54, 1.807) is 18.4 Å². The lowest BCUT2D eigenvalue weighted by molar-refractivity contribution is 0.416. The molecular formula is C11H12N2OS. The van der Waals surface area contributed by atoms with E-state index in [1.165, 1.54) is 5.56 Å². The van der Waals surface area contributed by atoms with Crippen molar-refractivity contribution >= 4 is 17.0 Å². The molecule has 0 amide bonds. The van der Waals surface area contributed by atoms with E-state index in [9.17, 15) is 0 Å². The number of benzene rings is 1. The van der Waals surface area contributed by atoms with Gasteiger partial charge in [-0.25, -0.2) is 0 Å². The summed E-state index contributed by atoms with van der Waals surface area (Å²) >= 11 is 1.67. The highest BCUT2D eigenvalue weighted by atomic mass is 32.1. The van der Waals surface area contributed by atoms with Gasteiger partial charge in [0.25, 0.3) is 0 Å². The molecule has 3 N–H and O–H groups in total. The van der Waals surface area contributed by atoms with Crippen molar-refractivity contribution in [2.24, 2.45) is 5.84 Å². The molecule has 0 aliphatic rings. The van der Waals surface area contributed by atoms with Crippen molar-refractivity contribution in [3.63, 3.8) is 0 Å². The van der Waals surface area contributed by atoms with Gasteiger partial charge in [-0.15, -0.1) is 0 Å². The lowest BCUT2D eigenvalue weighted by Gasteiger charge is -2.09. The Labute approximate surface area is 92.5 Å². The van der Waals surface area contributed by atoms with Crippen LogP contribution in [-0.2, 0) is 0 Å². The molecule has 1 heterocycles. The Balaban J connectivity index is 2.43. The van der Waals surface area contributed by atoms with Crippen molar-refractivity contribution in [1.82, 2.24) is 0 Å². The van der Waals surface area contributed by atoms with Crippen LogP contribution in [0.2, 0.25) is 0 Å². The molecule has 0 aliphatic carbocycles. The number of hydrogen-bond acceptors (Lipinski definition) is 4. The summed E-state index contributed by atoms with van der Waals surface area (Å²) in [5, 5.41) is 4.15. The van der Waals surface area contributed by atoms with Gasteiger partial charge in [-0.2, -0.15) is 11.3 Å². The Kier molecular flexibility index (Phi) is 2.89. The third kappa shape index (κ3) is 1.95. The second-order valence-electron chi connectivity index (χ2n) is 3.07. The standard InChI is InChI=1S/C11H12N2OS/c1-14-11-3-2-8(6-10(11)13-12)9-4-5-15-7-9/h2-7,13H,12H2,1H3. The highest BCUT2D eigenvalue weighted by molar-refractivity contribution is 7.08. The van der Waals surface area contributed by atoms with Crippen LogP contribution in [0.15, 0.2) is 35.0 Å². The number of thiophene rings is 1. The Morgan fingerprint density at radius 3 is 2.73 bits per heavy atom. The molecule has 2 rings (SSSR count). The maximum atomic E-state index is 5.42. The fourth-order valence-corrected chi connectivity index (χ4v) is 2.09. The van der Waals surface area contributed by atoms with Crippen molar-refractivity contribution < 1.29 is 4.74 Å². The fourth-order valence-electron chi connectivity index (χ4n) is 1.43. The summed E-state index contributed by atoms with van der Waals surface area (Å²) in [5.41, 5.74) is 5.74. The summed E-state index contributed by atoms with van der Waals surface area (Å²) in [7, 11) is 1.63. The molecule has 0 fully saturated rings. The molecule has 1 aromatic heterocycles. The molecule has 15 heavy (non-hydrogen) atoms.